The number of carbonyl (C=O) groups excluding carboxylic acids is 1. The number of ketones is 1. The normalized spacial score (nSPS) is 13.5. The Morgan fingerprint density at radius 2 is 1.61 bits per heavy atom. The summed E-state index contributed by atoms with van der Waals surface area (Å²) in [5.74, 6) is 1.78. The van der Waals surface area contributed by atoms with Crippen LogP contribution >= 0.6 is 0 Å². The van der Waals surface area contributed by atoms with Crippen molar-refractivity contribution < 1.29 is 19.2 Å². The molecule has 1 aliphatic rings. The van der Waals surface area contributed by atoms with Crippen molar-refractivity contribution in [1.82, 2.24) is 0 Å². The lowest BCUT2D eigenvalue weighted by Gasteiger charge is -2.21. The number of ether oxygens (including phenoxy) is 2. The molecule has 0 radical (unpaired) electrons. The van der Waals surface area contributed by atoms with E-state index in [9.17, 15) is 10.1 Å². The van der Waals surface area contributed by atoms with E-state index >= 15 is 0 Å². The highest BCUT2D eigenvalue weighted by molar-refractivity contribution is 6.03. The van der Waals surface area contributed by atoms with E-state index in [-0.39, 0.29) is 17.9 Å². The summed E-state index contributed by atoms with van der Waals surface area (Å²) in [7, 11) is 8.93. The van der Waals surface area contributed by atoms with Gasteiger partial charge in [-0.05, 0) is 36.8 Å². The van der Waals surface area contributed by atoms with Gasteiger partial charge in [-0.1, -0.05) is 12.1 Å². The average molecular weight is 422 g/mol. The topological polar surface area (TPSA) is 70.2 Å². The van der Waals surface area contributed by atoms with Gasteiger partial charge < -0.3 is 24.2 Å². The second-order valence-electron chi connectivity index (χ2n) is 7.78. The predicted molar refractivity (Wildman–Crippen MR) is 121 cm³/mol. The monoisotopic (exact) mass is 421 g/mol. The van der Waals surface area contributed by atoms with Crippen LogP contribution in [0.2, 0.25) is 0 Å². The lowest BCUT2D eigenvalue weighted by Crippen LogP contribution is -3.08. The van der Waals surface area contributed by atoms with Crippen LogP contribution in [0.3, 0.4) is 0 Å². The van der Waals surface area contributed by atoms with Crippen molar-refractivity contribution >= 4 is 17.2 Å². The Morgan fingerprint density at radius 1 is 1.06 bits per heavy atom. The van der Waals surface area contributed by atoms with Crippen molar-refractivity contribution in [3.05, 3.63) is 58.9 Å². The van der Waals surface area contributed by atoms with Crippen LogP contribution in [-0.2, 0) is 11.3 Å². The van der Waals surface area contributed by atoms with Crippen LogP contribution in [0.15, 0.2) is 47.8 Å². The Kier molecular flexibility index (Phi) is 6.52. The average Bonchev–Trinajstić information content (AvgIpc) is 3.01. The number of anilines is 2. The summed E-state index contributed by atoms with van der Waals surface area (Å²) in [6.45, 7) is 2.84. The Hall–Kier alpha value is -3.50. The zero-order valence-corrected chi connectivity index (χ0v) is 18.9. The third kappa shape index (κ3) is 4.21. The van der Waals surface area contributed by atoms with Gasteiger partial charge >= 0.3 is 0 Å². The molecular weight excluding hydrogens is 392 g/mol. The number of carbonyl (C=O) groups is 1. The maximum atomic E-state index is 13.1. The Bertz CT molecular complexity index is 1040. The summed E-state index contributed by atoms with van der Waals surface area (Å²) in [5.41, 5.74) is 4.25. The highest BCUT2D eigenvalue weighted by Crippen LogP contribution is 2.40. The van der Waals surface area contributed by atoms with Crippen LogP contribution in [0.5, 0.6) is 11.5 Å². The fourth-order valence-electron chi connectivity index (χ4n) is 4.02. The maximum Gasteiger partial charge on any atom is 0.231 e. The molecule has 1 unspecified atom stereocenters. The zero-order valence-electron chi connectivity index (χ0n) is 18.9. The summed E-state index contributed by atoms with van der Waals surface area (Å²) >= 11 is 0. The molecule has 0 spiro atoms. The summed E-state index contributed by atoms with van der Waals surface area (Å²) in [6.07, 6.45) is 0. The number of quaternary nitrogens is 1. The number of nitriles is 1. The molecule has 2 aromatic carbocycles. The lowest BCUT2D eigenvalue weighted by atomic mass is 10.1. The van der Waals surface area contributed by atoms with E-state index in [1.54, 1.807) is 14.2 Å². The molecule has 0 fully saturated rings. The molecule has 0 amide bonds. The standard InChI is InChI=1S/C24H28N4O3/c1-16-11-22(30-5)23(31-6)12-17(16)14-26(2)15-21(29)18(13-25)24-27(3)19-9-7-8-10-20(19)28(24)4/h7-12H,14-15H2,1-6H3/p+1. The summed E-state index contributed by atoms with van der Waals surface area (Å²) in [5, 5.41) is 9.82. The number of nitrogens with one attached hydrogen (secondary N) is 1. The van der Waals surface area contributed by atoms with Gasteiger partial charge in [0, 0.05) is 19.7 Å². The van der Waals surface area contributed by atoms with Gasteiger partial charge in [-0.2, -0.15) is 5.26 Å². The molecule has 31 heavy (non-hydrogen) atoms. The summed E-state index contributed by atoms with van der Waals surface area (Å²) in [4.78, 5) is 17.9. The Morgan fingerprint density at radius 3 is 2.13 bits per heavy atom. The summed E-state index contributed by atoms with van der Waals surface area (Å²) in [6, 6.07) is 13.9. The smallest absolute Gasteiger partial charge is 0.231 e. The van der Waals surface area contributed by atoms with Crippen LogP contribution in [-0.4, -0.2) is 47.7 Å². The first-order chi connectivity index (χ1) is 14.8. The molecule has 0 aromatic heterocycles. The van der Waals surface area contributed by atoms with Crippen LogP contribution in [0.25, 0.3) is 0 Å². The minimum absolute atomic E-state index is 0.171. The van der Waals surface area contributed by atoms with E-state index in [0.29, 0.717) is 23.9 Å². The number of hydrogen-bond donors (Lipinski definition) is 1. The van der Waals surface area contributed by atoms with E-state index in [4.69, 9.17) is 9.47 Å². The Labute approximate surface area is 183 Å². The first-order valence-corrected chi connectivity index (χ1v) is 10.1. The van der Waals surface area contributed by atoms with Gasteiger partial charge in [-0.15, -0.1) is 0 Å². The van der Waals surface area contributed by atoms with Crippen molar-refractivity contribution in [2.24, 2.45) is 0 Å². The third-order valence-electron chi connectivity index (χ3n) is 5.65. The van der Waals surface area contributed by atoms with E-state index in [0.717, 1.165) is 27.4 Å². The molecule has 3 rings (SSSR count). The van der Waals surface area contributed by atoms with Crippen molar-refractivity contribution in [2.45, 2.75) is 13.5 Å². The van der Waals surface area contributed by atoms with Gasteiger partial charge in [0.05, 0.1) is 32.6 Å². The number of methoxy groups -OCH3 is 2. The molecule has 0 aliphatic carbocycles. The molecule has 7 heteroatoms. The minimum Gasteiger partial charge on any atom is -0.493 e. The van der Waals surface area contributed by atoms with E-state index in [1.807, 2.05) is 74.3 Å². The molecule has 0 saturated carbocycles. The first kappa shape index (κ1) is 22.2. The SMILES string of the molecule is COc1cc(C)c(C[NH+](C)CC(=O)C(C#N)=C2N(C)c3ccccc3N2C)cc1OC. The lowest BCUT2D eigenvalue weighted by molar-refractivity contribution is -0.885. The highest BCUT2D eigenvalue weighted by Gasteiger charge is 2.32. The maximum absolute atomic E-state index is 13.1. The van der Waals surface area contributed by atoms with Gasteiger partial charge in [0.25, 0.3) is 0 Å². The highest BCUT2D eigenvalue weighted by atomic mass is 16.5. The van der Waals surface area contributed by atoms with Gasteiger partial charge in [-0.25, -0.2) is 0 Å². The van der Waals surface area contributed by atoms with E-state index in [1.165, 1.54) is 0 Å². The molecule has 1 N–H and O–H groups in total. The first-order valence-electron chi connectivity index (χ1n) is 10.1. The predicted octanol–water partition coefficient (Wildman–Crippen LogP) is 1.92. The molecule has 1 atom stereocenters. The molecule has 2 aromatic rings. The largest absolute Gasteiger partial charge is 0.493 e. The molecule has 1 aliphatic heterocycles. The van der Waals surface area contributed by atoms with Crippen LogP contribution in [0.1, 0.15) is 11.1 Å². The second kappa shape index (κ2) is 9.11. The fourth-order valence-corrected chi connectivity index (χ4v) is 4.02. The zero-order chi connectivity index (χ0) is 22.7. The Balaban J connectivity index is 1.81. The van der Waals surface area contributed by atoms with Crippen LogP contribution in [0.4, 0.5) is 11.4 Å². The number of fused-ring (bicyclic) bond motifs is 1. The number of rotatable bonds is 7. The number of benzene rings is 2. The quantitative estimate of drug-likeness (QED) is 0.544. The third-order valence-corrected chi connectivity index (χ3v) is 5.65. The summed E-state index contributed by atoms with van der Waals surface area (Å²) < 4.78 is 10.8. The van der Waals surface area contributed by atoms with Gasteiger partial charge in [0.1, 0.15) is 30.6 Å². The molecule has 7 nitrogen and oxygen atoms in total. The number of aryl methyl sites for hydroxylation is 1. The molecule has 0 saturated heterocycles. The van der Waals surface area contributed by atoms with E-state index < -0.39 is 0 Å². The van der Waals surface area contributed by atoms with Crippen molar-refractivity contribution in [1.29, 1.82) is 5.26 Å². The fraction of sp³-hybridized carbons (Fsp3) is 0.333. The number of Topliss-reactive ketones (excluding diaryl/α,β-unsaturated/α-hetero) is 1. The van der Waals surface area contributed by atoms with Gasteiger partial charge in [0.2, 0.25) is 5.78 Å². The van der Waals surface area contributed by atoms with Crippen molar-refractivity contribution in [3.63, 3.8) is 0 Å². The van der Waals surface area contributed by atoms with Crippen LogP contribution in [0, 0.1) is 18.3 Å². The molecular formula is C24H29N4O3+. The number of nitrogens with zero attached hydrogens (tertiary/aromatic N) is 3. The van der Waals surface area contributed by atoms with E-state index in [2.05, 4.69) is 6.07 Å². The second-order valence-corrected chi connectivity index (χ2v) is 7.78. The van der Waals surface area contributed by atoms with Gasteiger partial charge in [0.15, 0.2) is 11.5 Å². The number of hydrogen-bond acceptors (Lipinski definition) is 6. The van der Waals surface area contributed by atoms with Crippen LogP contribution < -0.4 is 24.2 Å². The molecule has 1 heterocycles. The number of likely N-dealkylation sites (N-methyl/N-ethyl adjacent to an activating group) is 1. The molecule has 0 bridgehead atoms. The van der Waals surface area contributed by atoms with Crippen molar-refractivity contribution in [2.75, 3.05) is 51.7 Å². The van der Waals surface area contributed by atoms with Gasteiger partial charge in [-0.3, -0.25) is 4.79 Å². The minimum atomic E-state index is -0.181. The number of para-hydroxylation sites is 2. The van der Waals surface area contributed by atoms with Crippen molar-refractivity contribution in [3.8, 4) is 17.6 Å². The molecule has 162 valence electrons.